The molecule has 0 radical (unpaired) electrons. The number of hydrogen-bond acceptors (Lipinski definition) is 4. The maximum Gasteiger partial charge on any atom is 0.129 e. The van der Waals surface area contributed by atoms with Crippen molar-refractivity contribution in [2.45, 2.75) is 4.90 Å². The van der Waals surface area contributed by atoms with Gasteiger partial charge in [-0.2, -0.15) is 5.10 Å². The van der Waals surface area contributed by atoms with Crippen LogP contribution in [0.4, 0.5) is 5.82 Å². The highest BCUT2D eigenvalue weighted by Crippen LogP contribution is 2.39. The molecule has 1 heterocycles. The van der Waals surface area contributed by atoms with Gasteiger partial charge in [0.1, 0.15) is 11.6 Å². The van der Waals surface area contributed by atoms with Gasteiger partial charge in [-0.1, -0.05) is 6.07 Å². The molecule has 3 N–H and O–H groups in total. The molecule has 0 aliphatic heterocycles. The number of benzene rings is 1. The van der Waals surface area contributed by atoms with Gasteiger partial charge in [-0.15, -0.1) is 11.8 Å². The standard InChI is InChI=1S/C11H13N3OS/c1-14-11(12)7(6-13-14)10-8(15)4-3-5-9(10)16-2/h3-6,15H,12H2,1-2H3. The van der Waals surface area contributed by atoms with Crippen molar-refractivity contribution in [2.75, 3.05) is 12.0 Å². The molecule has 5 heteroatoms. The van der Waals surface area contributed by atoms with Crippen LogP contribution in [0.2, 0.25) is 0 Å². The minimum atomic E-state index is 0.228. The number of thioether (sulfide) groups is 1. The fraction of sp³-hybridized carbons (Fsp3) is 0.182. The fourth-order valence-electron chi connectivity index (χ4n) is 1.60. The molecule has 0 atom stereocenters. The van der Waals surface area contributed by atoms with Gasteiger partial charge < -0.3 is 10.8 Å². The third kappa shape index (κ3) is 1.63. The Balaban J connectivity index is 2.68. The van der Waals surface area contributed by atoms with Crippen LogP contribution in [-0.2, 0) is 7.05 Å². The van der Waals surface area contributed by atoms with Crippen LogP contribution in [0.1, 0.15) is 0 Å². The Labute approximate surface area is 98.1 Å². The van der Waals surface area contributed by atoms with Crippen molar-refractivity contribution in [3.63, 3.8) is 0 Å². The van der Waals surface area contributed by atoms with Crippen molar-refractivity contribution >= 4 is 17.6 Å². The Morgan fingerprint density at radius 1 is 1.44 bits per heavy atom. The average molecular weight is 235 g/mol. The normalized spacial score (nSPS) is 10.6. The second-order valence-electron chi connectivity index (χ2n) is 3.42. The molecule has 2 rings (SSSR count). The first-order valence-corrected chi connectivity index (χ1v) is 6.01. The van der Waals surface area contributed by atoms with Gasteiger partial charge in [-0.25, -0.2) is 0 Å². The Bertz CT molecular complexity index is 522. The lowest BCUT2D eigenvalue weighted by Crippen LogP contribution is -1.98. The van der Waals surface area contributed by atoms with Crippen LogP contribution in [0.5, 0.6) is 5.75 Å². The number of aromatic hydroxyl groups is 1. The second kappa shape index (κ2) is 4.09. The van der Waals surface area contributed by atoms with E-state index in [1.807, 2.05) is 18.4 Å². The van der Waals surface area contributed by atoms with Crippen LogP contribution in [0, 0.1) is 0 Å². The number of hydrogen-bond donors (Lipinski definition) is 2. The summed E-state index contributed by atoms with van der Waals surface area (Å²) in [5.41, 5.74) is 7.43. The molecule has 2 aromatic rings. The molecule has 0 unspecified atom stereocenters. The topological polar surface area (TPSA) is 64.1 Å². The molecule has 0 spiro atoms. The molecule has 1 aromatic heterocycles. The zero-order chi connectivity index (χ0) is 11.7. The molecule has 0 bridgehead atoms. The summed E-state index contributed by atoms with van der Waals surface area (Å²) in [6, 6.07) is 5.42. The number of phenols is 1. The predicted molar refractivity (Wildman–Crippen MR) is 66.5 cm³/mol. The number of nitrogens with zero attached hydrogens (tertiary/aromatic N) is 2. The SMILES string of the molecule is CSc1cccc(O)c1-c1cnn(C)c1N. The van der Waals surface area contributed by atoms with Crippen LogP contribution < -0.4 is 5.73 Å². The van der Waals surface area contributed by atoms with Crippen LogP contribution in [-0.4, -0.2) is 21.1 Å². The van der Waals surface area contributed by atoms with Crippen molar-refractivity contribution in [3.05, 3.63) is 24.4 Å². The monoisotopic (exact) mass is 235 g/mol. The molecular formula is C11H13N3OS. The summed E-state index contributed by atoms with van der Waals surface area (Å²) in [6.45, 7) is 0. The quantitative estimate of drug-likeness (QED) is 0.782. The lowest BCUT2D eigenvalue weighted by atomic mass is 10.1. The molecule has 1 aromatic carbocycles. The van der Waals surface area contributed by atoms with E-state index in [2.05, 4.69) is 5.10 Å². The smallest absolute Gasteiger partial charge is 0.129 e. The van der Waals surface area contributed by atoms with Gasteiger partial charge >= 0.3 is 0 Å². The summed E-state index contributed by atoms with van der Waals surface area (Å²) < 4.78 is 1.59. The summed E-state index contributed by atoms with van der Waals surface area (Å²) in [6.07, 6.45) is 3.63. The Morgan fingerprint density at radius 2 is 2.19 bits per heavy atom. The summed E-state index contributed by atoms with van der Waals surface area (Å²) in [7, 11) is 1.78. The molecule has 0 fully saturated rings. The van der Waals surface area contributed by atoms with Gasteiger partial charge in [0.25, 0.3) is 0 Å². The van der Waals surface area contributed by atoms with Crippen molar-refractivity contribution in [1.29, 1.82) is 0 Å². The predicted octanol–water partition coefficient (Wildman–Crippen LogP) is 2.10. The maximum absolute atomic E-state index is 9.90. The lowest BCUT2D eigenvalue weighted by Gasteiger charge is -2.08. The molecule has 0 aliphatic carbocycles. The number of phenolic OH excluding ortho intramolecular Hbond substituents is 1. The molecule has 0 amide bonds. The van der Waals surface area contributed by atoms with Crippen molar-refractivity contribution in [3.8, 4) is 16.9 Å². The highest BCUT2D eigenvalue weighted by Gasteiger charge is 2.15. The minimum absolute atomic E-state index is 0.228. The first-order valence-electron chi connectivity index (χ1n) is 4.79. The number of aromatic nitrogens is 2. The molecule has 84 valence electrons. The van der Waals surface area contributed by atoms with Crippen LogP contribution >= 0.6 is 11.8 Å². The van der Waals surface area contributed by atoms with E-state index in [1.165, 1.54) is 0 Å². The number of anilines is 1. The second-order valence-corrected chi connectivity index (χ2v) is 4.27. The van der Waals surface area contributed by atoms with Crippen molar-refractivity contribution < 1.29 is 5.11 Å². The van der Waals surface area contributed by atoms with E-state index in [1.54, 1.807) is 35.8 Å². The van der Waals surface area contributed by atoms with Crippen molar-refractivity contribution in [2.24, 2.45) is 7.05 Å². The van der Waals surface area contributed by atoms with Crippen LogP contribution in [0.25, 0.3) is 11.1 Å². The number of nitrogen functional groups attached to an aromatic ring is 1. The zero-order valence-corrected chi connectivity index (χ0v) is 9.95. The first kappa shape index (κ1) is 10.9. The number of aryl methyl sites for hydroxylation is 1. The Kier molecular flexibility index (Phi) is 2.78. The molecular weight excluding hydrogens is 222 g/mol. The van der Waals surface area contributed by atoms with Gasteiger partial charge in [0.05, 0.1) is 6.20 Å². The van der Waals surface area contributed by atoms with Gasteiger partial charge in [-0.3, -0.25) is 4.68 Å². The van der Waals surface area contributed by atoms with Gasteiger partial charge in [-0.05, 0) is 18.4 Å². The largest absolute Gasteiger partial charge is 0.507 e. The Morgan fingerprint density at radius 3 is 2.75 bits per heavy atom. The zero-order valence-electron chi connectivity index (χ0n) is 9.14. The Hall–Kier alpha value is -1.62. The third-order valence-corrected chi connectivity index (χ3v) is 3.26. The van der Waals surface area contributed by atoms with Gasteiger partial charge in [0.15, 0.2) is 0 Å². The van der Waals surface area contributed by atoms with E-state index < -0.39 is 0 Å². The van der Waals surface area contributed by atoms with Gasteiger partial charge in [0.2, 0.25) is 0 Å². The average Bonchev–Trinajstić information content (AvgIpc) is 2.60. The number of nitrogens with two attached hydrogens (primary N) is 1. The van der Waals surface area contributed by atoms with Crippen LogP contribution in [0.3, 0.4) is 0 Å². The van der Waals surface area contributed by atoms with E-state index in [9.17, 15) is 5.11 Å². The summed E-state index contributed by atoms with van der Waals surface area (Å²) in [4.78, 5) is 0.986. The molecule has 0 aliphatic rings. The van der Waals surface area contributed by atoms with Crippen molar-refractivity contribution in [1.82, 2.24) is 9.78 Å². The van der Waals surface area contributed by atoms with Gasteiger partial charge in [0, 0.05) is 23.1 Å². The summed E-state index contributed by atoms with van der Waals surface area (Å²) in [5.74, 6) is 0.781. The third-order valence-electron chi connectivity index (χ3n) is 2.48. The first-order chi connectivity index (χ1) is 7.65. The molecule has 0 saturated carbocycles. The minimum Gasteiger partial charge on any atom is -0.507 e. The van der Waals surface area contributed by atoms with E-state index in [4.69, 9.17) is 5.73 Å². The van der Waals surface area contributed by atoms with Crippen LogP contribution in [0.15, 0.2) is 29.3 Å². The van der Waals surface area contributed by atoms with E-state index in [0.717, 1.165) is 16.0 Å². The summed E-state index contributed by atoms with van der Waals surface area (Å²) in [5, 5.41) is 14.0. The van der Waals surface area contributed by atoms with E-state index in [-0.39, 0.29) is 5.75 Å². The number of rotatable bonds is 2. The molecule has 16 heavy (non-hydrogen) atoms. The highest BCUT2D eigenvalue weighted by atomic mass is 32.2. The lowest BCUT2D eigenvalue weighted by molar-refractivity contribution is 0.476. The summed E-state index contributed by atoms with van der Waals surface area (Å²) >= 11 is 1.57. The molecule has 4 nitrogen and oxygen atoms in total. The molecule has 0 saturated heterocycles. The maximum atomic E-state index is 9.90. The van der Waals surface area contributed by atoms with E-state index >= 15 is 0 Å². The fourth-order valence-corrected chi connectivity index (χ4v) is 2.23. The van der Waals surface area contributed by atoms with E-state index in [0.29, 0.717) is 5.82 Å². The highest BCUT2D eigenvalue weighted by molar-refractivity contribution is 7.98.